The molecule has 0 amide bonds. The summed E-state index contributed by atoms with van der Waals surface area (Å²) in [5.74, 6) is 1.40. The van der Waals surface area contributed by atoms with E-state index in [2.05, 4.69) is 47.6 Å². The van der Waals surface area contributed by atoms with Crippen molar-refractivity contribution in [2.45, 2.75) is 106 Å². The number of fused-ring (bicyclic) bond motifs is 7. The van der Waals surface area contributed by atoms with Gasteiger partial charge in [0.25, 0.3) is 0 Å². The van der Waals surface area contributed by atoms with Gasteiger partial charge in [-0.05, 0) is 97.2 Å². The summed E-state index contributed by atoms with van der Waals surface area (Å²) >= 11 is 0. The van der Waals surface area contributed by atoms with Gasteiger partial charge in [0.2, 0.25) is 0 Å². The van der Waals surface area contributed by atoms with Gasteiger partial charge >= 0.3 is 5.97 Å². The molecule has 0 spiro atoms. The van der Waals surface area contributed by atoms with Crippen molar-refractivity contribution in [1.29, 1.82) is 0 Å². The Morgan fingerprint density at radius 2 is 1.69 bits per heavy atom. The lowest BCUT2D eigenvalue weighted by atomic mass is 9.34. The van der Waals surface area contributed by atoms with Crippen LogP contribution in [0.2, 0.25) is 0 Å². The van der Waals surface area contributed by atoms with Crippen LogP contribution in [-0.4, -0.2) is 16.9 Å². The number of hydrogen-bond donors (Lipinski definition) is 1. The highest BCUT2D eigenvalue weighted by Crippen LogP contribution is 2.74. The number of aliphatic carboxylic acids is 1. The molecule has 5 aliphatic rings. The Morgan fingerprint density at radius 1 is 1.00 bits per heavy atom. The molecule has 0 saturated heterocycles. The van der Waals surface area contributed by atoms with Gasteiger partial charge in [0.15, 0.2) is 0 Å². The van der Waals surface area contributed by atoms with E-state index in [4.69, 9.17) is 0 Å². The zero-order chi connectivity index (χ0) is 23.3. The van der Waals surface area contributed by atoms with Gasteiger partial charge in [0.05, 0.1) is 5.41 Å². The van der Waals surface area contributed by atoms with E-state index in [9.17, 15) is 14.7 Å². The van der Waals surface area contributed by atoms with Crippen molar-refractivity contribution in [2.75, 3.05) is 0 Å². The monoisotopic (exact) mass is 440 g/mol. The molecule has 0 aromatic rings. The third-order valence-corrected chi connectivity index (χ3v) is 12.4. The van der Waals surface area contributed by atoms with Crippen LogP contribution < -0.4 is 0 Å². The molecule has 1 N–H and O–H groups in total. The van der Waals surface area contributed by atoms with Crippen LogP contribution in [0.5, 0.6) is 0 Å². The number of Topliss-reactive ketones (excluding diaryl/α,β-unsaturated/α-hetero) is 1. The number of carboxylic acids is 1. The standard InChI is InChI=1S/C29H44O3/c1-18-19-9-12-28(6)23(26(19,4)11-10-22(18)30)8-7-20-21-17-25(2,3)13-15-29(21,24(31)32)16-14-27(20,28)5/h7,18-19,21,23H,8-17H2,1-6H3,(H,31,32)/t18?,19-,21-,23+,26?,27?,28?,29?/m0/s1. The fourth-order valence-corrected chi connectivity index (χ4v) is 10.0. The first-order valence-corrected chi connectivity index (χ1v) is 13.3. The smallest absolute Gasteiger partial charge is 0.310 e. The zero-order valence-electron chi connectivity index (χ0n) is 21.2. The summed E-state index contributed by atoms with van der Waals surface area (Å²) in [5.41, 5.74) is 1.64. The first-order chi connectivity index (χ1) is 14.8. The Balaban J connectivity index is 1.60. The SMILES string of the molecule is CC1C(=O)CCC2(C)[C@H]3CC=C4[C@@H]5CC(C)(C)CCC5(C(=O)O)CCC4(C)C3(C)CC[C@@H]12. The van der Waals surface area contributed by atoms with E-state index in [0.29, 0.717) is 17.6 Å². The first kappa shape index (κ1) is 22.7. The van der Waals surface area contributed by atoms with Crippen molar-refractivity contribution >= 4 is 11.8 Å². The number of allylic oxidation sites excluding steroid dienone is 2. The zero-order valence-corrected chi connectivity index (χ0v) is 21.2. The third-order valence-electron chi connectivity index (χ3n) is 12.4. The first-order valence-electron chi connectivity index (χ1n) is 13.3. The number of carbonyl (C=O) groups excluding carboxylic acids is 1. The molecule has 3 heteroatoms. The van der Waals surface area contributed by atoms with Gasteiger partial charge < -0.3 is 5.11 Å². The molecule has 0 aromatic heterocycles. The van der Waals surface area contributed by atoms with E-state index in [0.717, 1.165) is 57.8 Å². The van der Waals surface area contributed by atoms with Crippen LogP contribution in [0.15, 0.2) is 11.6 Å². The number of rotatable bonds is 1. The number of carbonyl (C=O) groups is 2. The Kier molecular flexibility index (Phi) is 4.76. The van der Waals surface area contributed by atoms with Crippen LogP contribution in [0.3, 0.4) is 0 Å². The molecule has 178 valence electrons. The molecule has 0 heterocycles. The van der Waals surface area contributed by atoms with Gasteiger partial charge in [0.1, 0.15) is 5.78 Å². The minimum atomic E-state index is -0.559. The molecule has 0 bridgehead atoms. The summed E-state index contributed by atoms with van der Waals surface area (Å²) in [6.45, 7) is 14.4. The van der Waals surface area contributed by atoms with E-state index < -0.39 is 11.4 Å². The molecule has 4 saturated carbocycles. The van der Waals surface area contributed by atoms with Crippen LogP contribution in [0.4, 0.5) is 0 Å². The molecule has 5 rings (SSSR count). The normalized spacial score (nSPS) is 52.1. The summed E-state index contributed by atoms with van der Waals surface area (Å²) in [4.78, 5) is 25.3. The quantitative estimate of drug-likeness (QED) is 0.444. The maximum absolute atomic E-state index is 12.7. The Hall–Kier alpha value is -1.12. The lowest BCUT2D eigenvalue weighted by Gasteiger charge is -2.69. The fourth-order valence-electron chi connectivity index (χ4n) is 10.0. The number of hydrogen-bond acceptors (Lipinski definition) is 2. The van der Waals surface area contributed by atoms with E-state index in [1.165, 1.54) is 12.0 Å². The van der Waals surface area contributed by atoms with Crippen molar-refractivity contribution < 1.29 is 14.7 Å². The topological polar surface area (TPSA) is 54.4 Å². The minimum Gasteiger partial charge on any atom is -0.481 e. The summed E-state index contributed by atoms with van der Waals surface area (Å²) in [5, 5.41) is 10.5. The largest absolute Gasteiger partial charge is 0.481 e. The van der Waals surface area contributed by atoms with Crippen LogP contribution in [0, 0.1) is 50.7 Å². The van der Waals surface area contributed by atoms with Gasteiger partial charge in [-0.25, -0.2) is 0 Å². The second kappa shape index (κ2) is 6.72. The van der Waals surface area contributed by atoms with Crippen molar-refractivity contribution in [3.8, 4) is 0 Å². The highest BCUT2D eigenvalue weighted by atomic mass is 16.4. The van der Waals surface area contributed by atoms with Crippen molar-refractivity contribution in [2.24, 2.45) is 50.7 Å². The number of carboxylic acid groups (broad SMARTS) is 1. The molecule has 8 atom stereocenters. The average molecular weight is 441 g/mol. The maximum atomic E-state index is 12.7. The van der Waals surface area contributed by atoms with Crippen LogP contribution in [0.1, 0.15) is 106 Å². The Morgan fingerprint density at radius 3 is 2.38 bits per heavy atom. The van der Waals surface area contributed by atoms with E-state index >= 15 is 0 Å². The fraction of sp³-hybridized carbons (Fsp3) is 0.862. The lowest BCUT2D eigenvalue weighted by molar-refractivity contribution is -0.180. The molecule has 32 heavy (non-hydrogen) atoms. The molecular weight excluding hydrogens is 396 g/mol. The van der Waals surface area contributed by atoms with Crippen LogP contribution in [0.25, 0.3) is 0 Å². The lowest BCUT2D eigenvalue weighted by Crippen LogP contribution is -2.63. The molecule has 0 aliphatic heterocycles. The highest BCUT2D eigenvalue weighted by Gasteiger charge is 2.68. The Labute approximate surface area is 194 Å². The van der Waals surface area contributed by atoms with Crippen molar-refractivity contribution in [1.82, 2.24) is 0 Å². The molecule has 5 aliphatic carbocycles. The molecule has 0 aromatic carbocycles. The second-order valence-electron chi connectivity index (χ2n) is 14.0. The van der Waals surface area contributed by atoms with Gasteiger partial charge in [-0.3, -0.25) is 9.59 Å². The molecule has 4 fully saturated rings. The summed E-state index contributed by atoms with van der Waals surface area (Å²) in [6, 6.07) is 0. The van der Waals surface area contributed by atoms with Gasteiger partial charge in [0, 0.05) is 12.3 Å². The predicted molar refractivity (Wildman–Crippen MR) is 127 cm³/mol. The minimum absolute atomic E-state index is 0.0750. The Bertz CT molecular complexity index is 885. The van der Waals surface area contributed by atoms with Crippen molar-refractivity contribution in [3.05, 3.63) is 11.6 Å². The van der Waals surface area contributed by atoms with Crippen LogP contribution in [-0.2, 0) is 9.59 Å². The van der Waals surface area contributed by atoms with Crippen LogP contribution >= 0.6 is 0 Å². The molecule has 5 unspecified atom stereocenters. The number of ketones is 1. The molecule has 0 radical (unpaired) electrons. The van der Waals surface area contributed by atoms with E-state index in [-0.39, 0.29) is 33.5 Å². The maximum Gasteiger partial charge on any atom is 0.310 e. The summed E-state index contributed by atoms with van der Waals surface area (Å²) in [6.07, 6.45) is 12.4. The highest BCUT2D eigenvalue weighted by molar-refractivity contribution is 5.82. The van der Waals surface area contributed by atoms with E-state index in [1.807, 2.05) is 0 Å². The van der Waals surface area contributed by atoms with Gasteiger partial charge in [-0.15, -0.1) is 0 Å². The molecule has 3 nitrogen and oxygen atoms in total. The second-order valence-corrected chi connectivity index (χ2v) is 14.0. The predicted octanol–water partition coefficient (Wildman–Crippen LogP) is 7.05. The van der Waals surface area contributed by atoms with E-state index in [1.54, 1.807) is 0 Å². The summed E-state index contributed by atoms with van der Waals surface area (Å²) in [7, 11) is 0. The third kappa shape index (κ3) is 2.66. The molecular formula is C29H44O3. The summed E-state index contributed by atoms with van der Waals surface area (Å²) < 4.78 is 0. The average Bonchev–Trinajstić information content (AvgIpc) is 2.71. The van der Waals surface area contributed by atoms with Gasteiger partial charge in [-0.2, -0.15) is 0 Å². The van der Waals surface area contributed by atoms with Crippen molar-refractivity contribution in [3.63, 3.8) is 0 Å². The van der Waals surface area contributed by atoms with Gasteiger partial charge in [-0.1, -0.05) is 53.2 Å².